The number of para-hydroxylation sites is 1. The minimum Gasteiger partial charge on any atom is -0.384 e. The summed E-state index contributed by atoms with van der Waals surface area (Å²) in [5, 5.41) is 0. The Morgan fingerprint density at radius 2 is 2.30 bits per heavy atom. The van der Waals surface area contributed by atoms with E-state index in [1.54, 1.807) is 19.2 Å². The van der Waals surface area contributed by atoms with E-state index >= 15 is 0 Å². The van der Waals surface area contributed by atoms with Gasteiger partial charge in [-0.2, -0.15) is 0 Å². The minimum absolute atomic E-state index is 0.0371. The van der Waals surface area contributed by atoms with Crippen LogP contribution in [0.25, 0.3) is 0 Å². The Morgan fingerprint density at radius 3 is 3.00 bits per heavy atom. The first-order chi connectivity index (χ1) is 9.61. The maximum absolute atomic E-state index is 14.3. The van der Waals surface area contributed by atoms with Crippen LogP contribution in [0.1, 0.15) is 25.3 Å². The highest BCUT2D eigenvalue weighted by molar-refractivity contribution is 5.55. The topological polar surface area (TPSA) is 38.5 Å². The van der Waals surface area contributed by atoms with E-state index in [1.165, 1.54) is 0 Å². The number of nitrogens with two attached hydrogens (primary N) is 1. The number of hydrogen-bond donors (Lipinski definition) is 1. The summed E-state index contributed by atoms with van der Waals surface area (Å²) in [5.74, 6) is 0.345. The third-order valence-corrected chi connectivity index (χ3v) is 3.85. The fourth-order valence-electron chi connectivity index (χ4n) is 3.07. The highest BCUT2D eigenvalue weighted by Gasteiger charge is 2.24. The van der Waals surface area contributed by atoms with Gasteiger partial charge in [-0.25, -0.2) is 4.39 Å². The van der Waals surface area contributed by atoms with Crippen molar-refractivity contribution in [2.75, 3.05) is 31.7 Å². The molecule has 1 heterocycles. The maximum atomic E-state index is 14.3. The SMILES string of the molecule is COCC1CCCN(c2c(F)cccc2CC(C)N)C1. The van der Waals surface area contributed by atoms with E-state index in [9.17, 15) is 4.39 Å². The van der Waals surface area contributed by atoms with Crippen LogP contribution in [0.2, 0.25) is 0 Å². The molecule has 0 bridgehead atoms. The third-order valence-electron chi connectivity index (χ3n) is 3.85. The summed E-state index contributed by atoms with van der Waals surface area (Å²) in [6.45, 7) is 4.47. The summed E-state index contributed by atoms with van der Waals surface area (Å²) in [4.78, 5) is 2.17. The molecular formula is C16H25FN2O. The van der Waals surface area contributed by atoms with Crippen molar-refractivity contribution in [1.29, 1.82) is 0 Å². The maximum Gasteiger partial charge on any atom is 0.146 e. The number of piperidine rings is 1. The second-order valence-corrected chi connectivity index (χ2v) is 5.84. The van der Waals surface area contributed by atoms with E-state index in [0.29, 0.717) is 12.3 Å². The van der Waals surface area contributed by atoms with Crippen molar-refractivity contribution < 1.29 is 9.13 Å². The molecule has 20 heavy (non-hydrogen) atoms. The van der Waals surface area contributed by atoms with Crippen LogP contribution in [-0.4, -0.2) is 32.8 Å². The Labute approximate surface area is 120 Å². The lowest BCUT2D eigenvalue weighted by Crippen LogP contribution is -2.38. The molecule has 2 N–H and O–H groups in total. The third kappa shape index (κ3) is 3.70. The summed E-state index contributed by atoms with van der Waals surface area (Å²) in [7, 11) is 1.73. The molecule has 1 aliphatic heterocycles. The van der Waals surface area contributed by atoms with E-state index in [1.807, 2.05) is 13.0 Å². The van der Waals surface area contributed by atoms with E-state index in [-0.39, 0.29) is 11.9 Å². The van der Waals surface area contributed by atoms with Gasteiger partial charge in [0.25, 0.3) is 0 Å². The van der Waals surface area contributed by atoms with Crippen LogP contribution in [-0.2, 0) is 11.2 Å². The van der Waals surface area contributed by atoms with Gasteiger partial charge in [-0.15, -0.1) is 0 Å². The van der Waals surface area contributed by atoms with Crippen molar-refractivity contribution in [2.24, 2.45) is 11.7 Å². The molecule has 2 atom stereocenters. The first-order valence-corrected chi connectivity index (χ1v) is 7.38. The van der Waals surface area contributed by atoms with Gasteiger partial charge in [-0.3, -0.25) is 0 Å². The molecule has 1 aromatic carbocycles. The predicted octanol–water partition coefficient (Wildman–Crippen LogP) is 2.58. The predicted molar refractivity (Wildman–Crippen MR) is 80.6 cm³/mol. The Bertz CT molecular complexity index is 434. The number of ether oxygens (including phenoxy) is 1. The van der Waals surface area contributed by atoms with Gasteiger partial charge >= 0.3 is 0 Å². The highest BCUT2D eigenvalue weighted by Crippen LogP contribution is 2.30. The van der Waals surface area contributed by atoms with Gasteiger partial charge < -0.3 is 15.4 Å². The van der Waals surface area contributed by atoms with E-state index in [4.69, 9.17) is 10.5 Å². The molecular weight excluding hydrogens is 255 g/mol. The highest BCUT2D eigenvalue weighted by atomic mass is 19.1. The molecule has 0 aliphatic carbocycles. The van der Waals surface area contributed by atoms with E-state index in [2.05, 4.69) is 4.90 Å². The Kier molecular flexibility index (Phi) is 5.38. The molecule has 2 rings (SSSR count). The van der Waals surface area contributed by atoms with Crippen LogP contribution in [0.15, 0.2) is 18.2 Å². The molecule has 112 valence electrons. The fraction of sp³-hybridized carbons (Fsp3) is 0.625. The summed E-state index contributed by atoms with van der Waals surface area (Å²) in [5.41, 5.74) is 7.64. The number of methoxy groups -OCH3 is 1. The van der Waals surface area contributed by atoms with Crippen molar-refractivity contribution >= 4 is 5.69 Å². The molecule has 1 saturated heterocycles. The van der Waals surface area contributed by atoms with Crippen molar-refractivity contribution in [2.45, 2.75) is 32.2 Å². The molecule has 1 aliphatic rings. The molecule has 0 saturated carbocycles. The van der Waals surface area contributed by atoms with Gasteiger partial charge in [0.1, 0.15) is 5.82 Å². The Morgan fingerprint density at radius 1 is 1.50 bits per heavy atom. The average Bonchev–Trinajstić information content (AvgIpc) is 2.39. The van der Waals surface area contributed by atoms with Crippen molar-refractivity contribution in [3.8, 4) is 0 Å². The Hall–Kier alpha value is -1.13. The summed E-state index contributed by atoms with van der Waals surface area (Å²) < 4.78 is 19.5. The molecule has 0 radical (unpaired) electrons. The zero-order chi connectivity index (χ0) is 14.5. The van der Waals surface area contributed by atoms with Crippen LogP contribution in [0.5, 0.6) is 0 Å². The summed E-state index contributed by atoms with van der Waals surface area (Å²) in [6, 6.07) is 5.34. The lowest BCUT2D eigenvalue weighted by atomic mass is 9.96. The first kappa shape index (κ1) is 15.3. The van der Waals surface area contributed by atoms with Gasteiger partial charge in [0, 0.05) is 26.2 Å². The second-order valence-electron chi connectivity index (χ2n) is 5.84. The molecule has 4 heteroatoms. The molecule has 3 nitrogen and oxygen atoms in total. The second kappa shape index (κ2) is 7.04. The number of anilines is 1. The molecule has 2 unspecified atom stereocenters. The van der Waals surface area contributed by atoms with Gasteiger partial charge in [0.2, 0.25) is 0 Å². The van der Waals surface area contributed by atoms with Crippen molar-refractivity contribution in [3.05, 3.63) is 29.6 Å². The van der Waals surface area contributed by atoms with Gasteiger partial charge in [0.05, 0.1) is 12.3 Å². The van der Waals surface area contributed by atoms with Crippen LogP contribution in [0.3, 0.4) is 0 Å². The van der Waals surface area contributed by atoms with Gasteiger partial charge in [-0.05, 0) is 43.7 Å². The largest absolute Gasteiger partial charge is 0.384 e. The van der Waals surface area contributed by atoms with E-state index in [0.717, 1.165) is 43.8 Å². The van der Waals surface area contributed by atoms with Crippen LogP contribution < -0.4 is 10.6 Å². The quantitative estimate of drug-likeness (QED) is 0.901. The molecule has 0 amide bonds. The normalized spacial score (nSPS) is 21.0. The number of hydrogen-bond acceptors (Lipinski definition) is 3. The first-order valence-electron chi connectivity index (χ1n) is 7.38. The zero-order valence-electron chi connectivity index (χ0n) is 12.4. The lowest BCUT2D eigenvalue weighted by molar-refractivity contribution is 0.143. The van der Waals surface area contributed by atoms with E-state index < -0.39 is 0 Å². The van der Waals surface area contributed by atoms with Crippen molar-refractivity contribution in [3.63, 3.8) is 0 Å². The minimum atomic E-state index is -0.138. The fourth-order valence-corrected chi connectivity index (χ4v) is 3.07. The number of rotatable bonds is 5. The Balaban J connectivity index is 2.21. The molecule has 0 spiro atoms. The van der Waals surface area contributed by atoms with Crippen LogP contribution in [0.4, 0.5) is 10.1 Å². The van der Waals surface area contributed by atoms with Gasteiger partial charge in [-0.1, -0.05) is 12.1 Å². The number of halogens is 1. The lowest BCUT2D eigenvalue weighted by Gasteiger charge is -2.35. The smallest absolute Gasteiger partial charge is 0.146 e. The zero-order valence-corrected chi connectivity index (χ0v) is 12.4. The van der Waals surface area contributed by atoms with Crippen LogP contribution >= 0.6 is 0 Å². The number of nitrogens with zero attached hydrogens (tertiary/aromatic N) is 1. The van der Waals surface area contributed by atoms with Crippen LogP contribution in [0, 0.1) is 11.7 Å². The number of benzene rings is 1. The molecule has 0 aromatic heterocycles. The summed E-state index contributed by atoms with van der Waals surface area (Å²) >= 11 is 0. The molecule has 1 aromatic rings. The standard InChI is InChI=1S/C16H25FN2O/c1-12(18)9-14-6-3-7-15(17)16(14)19-8-4-5-13(10-19)11-20-2/h3,6-7,12-13H,4-5,8-11,18H2,1-2H3. The van der Waals surface area contributed by atoms with Gasteiger partial charge in [0.15, 0.2) is 0 Å². The monoisotopic (exact) mass is 280 g/mol. The summed E-state index contributed by atoms with van der Waals surface area (Å²) in [6.07, 6.45) is 2.94. The van der Waals surface area contributed by atoms with Crippen molar-refractivity contribution in [1.82, 2.24) is 0 Å². The molecule has 1 fully saturated rings. The average molecular weight is 280 g/mol.